The van der Waals surface area contributed by atoms with Crippen LogP contribution in [0.3, 0.4) is 0 Å². The van der Waals surface area contributed by atoms with Crippen molar-refractivity contribution in [2.45, 2.75) is 33.2 Å². The number of aromatic nitrogens is 1. The van der Waals surface area contributed by atoms with E-state index in [1.54, 1.807) is 13.1 Å². The van der Waals surface area contributed by atoms with Crippen molar-refractivity contribution in [3.63, 3.8) is 0 Å². The molecule has 0 unspecified atom stereocenters. The van der Waals surface area contributed by atoms with E-state index in [-0.39, 0.29) is 17.6 Å². The normalized spacial score (nSPS) is 19.6. The number of hydrogen-bond donors (Lipinski definition) is 0. The van der Waals surface area contributed by atoms with Crippen molar-refractivity contribution < 1.29 is 13.7 Å². The summed E-state index contributed by atoms with van der Waals surface area (Å²) in [6, 6.07) is 7.70. The second-order valence-electron chi connectivity index (χ2n) is 6.99. The average molecular weight is 388 g/mol. The van der Waals surface area contributed by atoms with Crippen molar-refractivity contribution in [2.75, 3.05) is 18.1 Å². The zero-order valence-electron chi connectivity index (χ0n) is 15.8. The van der Waals surface area contributed by atoms with Crippen molar-refractivity contribution in [1.29, 1.82) is 0 Å². The van der Waals surface area contributed by atoms with Crippen molar-refractivity contribution in [1.82, 2.24) is 4.57 Å². The summed E-state index contributed by atoms with van der Waals surface area (Å²) in [5, 5.41) is 0. The maximum atomic E-state index is 12.9. The summed E-state index contributed by atoms with van der Waals surface area (Å²) in [5.74, 6) is 1.25. The van der Waals surface area contributed by atoms with E-state index in [2.05, 4.69) is 0 Å². The third kappa shape index (κ3) is 4.75. The van der Waals surface area contributed by atoms with Crippen LogP contribution in [-0.2, 0) is 22.1 Å². The van der Waals surface area contributed by atoms with E-state index in [0.29, 0.717) is 18.0 Å². The third-order valence-corrected chi connectivity index (χ3v) is 6.30. The molecule has 0 atom stereocenters. The summed E-state index contributed by atoms with van der Waals surface area (Å²) in [7, 11) is -0.707. The topological polar surface area (TPSA) is 65.4 Å². The minimum atomic E-state index is -0.707. The molecular formula is C21H25NO4S. The molecule has 1 aliphatic rings. The number of ether oxygens (including phenoxy) is 1. The van der Waals surface area contributed by atoms with Crippen LogP contribution in [0.15, 0.2) is 41.5 Å². The molecular weight excluding hydrogens is 362 g/mol. The van der Waals surface area contributed by atoms with Gasteiger partial charge >= 0.3 is 5.97 Å². The Hall–Kier alpha value is -2.21. The highest BCUT2D eigenvalue weighted by molar-refractivity contribution is 7.85. The summed E-state index contributed by atoms with van der Waals surface area (Å²) in [6.07, 6.45) is 5.21. The van der Waals surface area contributed by atoms with Gasteiger partial charge in [0.25, 0.3) is 0 Å². The number of carbonyl (C=O) groups is 1. The van der Waals surface area contributed by atoms with Gasteiger partial charge in [-0.05, 0) is 38.2 Å². The lowest BCUT2D eigenvalue weighted by atomic mass is 10.0. The highest BCUT2D eigenvalue weighted by Crippen LogP contribution is 2.21. The minimum absolute atomic E-state index is 0.0642. The Kier molecular flexibility index (Phi) is 6.26. The van der Waals surface area contributed by atoms with Crippen LogP contribution in [0.4, 0.5) is 0 Å². The Morgan fingerprint density at radius 3 is 2.48 bits per heavy atom. The molecule has 1 fully saturated rings. The molecule has 0 saturated carbocycles. The number of nitrogens with zero attached hydrogens (tertiary/aromatic N) is 1. The summed E-state index contributed by atoms with van der Waals surface area (Å²) < 4.78 is 18.6. The van der Waals surface area contributed by atoms with E-state index in [1.807, 2.05) is 42.0 Å². The number of carbonyl (C=O) groups excluding carboxylic acids is 1. The molecule has 2 aromatic rings. The van der Waals surface area contributed by atoms with Gasteiger partial charge in [0.1, 0.15) is 5.56 Å². The first-order valence-electron chi connectivity index (χ1n) is 9.31. The summed E-state index contributed by atoms with van der Waals surface area (Å²) in [4.78, 5) is 25.2. The van der Waals surface area contributed by atoms with Crippen LogP contribution >= 0.6 is 0 Å². The lowest BCUT2D eigenvalue weighted by molar-refractivity contribution is 0.0523. The lowest BCUT2D eigenvalue weighted by Gasteiger charge is -2.23. The minimum Gasteiger partial charge on any atom is -0.462 e. The highest BCUT2D eigenvalue weighted by Gasteiger charge is 2.21. The second kappa shape index (κ2) is 8.65. The standard InChI is InChI=1S/C21H25NO4S/c1-3-26-21(24)19-14-22(12-16-8-10-27(25)11-9-16)13-18(20(19)23)17-6-4-15(2)5-7-17/h4-7,13-14,16H,3,8-12H2,1-2H3. The third-order valence-electron chi connectivity index (χ3n) is 4.91. The Balaban J connectivity index is 1.99. The number of esters is 1. The van der Waals surface area contributed by atoms with E-state index >= 15 is 0 Å². The molecule has 0 amide bonds. The fourth-order valence-electron chi connectivity index (χ4n) is 3.35. The molecule has 0 spiro atoms. The van der Waals surface area contributed by atoms with E-state index in [1.165, 1.54) is 0 Å². The second-order valence-corrected chi connectivity index (χ2v) is 8.69. The summed E-state index contributed by atoms with van der Waals surface area (Å²) >= 11 is 0. The SMILES string of the molecule is CCOC(=O)c1cn(CC2CCS(=O)CC2)cc(-c2ccc(C)cc2)c1=O. The van der Waals surface area contributed by atoms with Crippen molar-refractivity contribution in [2.24, 2.45) is 5.92 Å². The van der Waals surface area contributed by atoms with Gasteiger partial charge in [0.05, 0.1) is 6.61 Å². The van der Waals surface area contributed by atoms with Crippen LogP contribution in [0.25, 0.3) is 11.1 Å². The molecule has 1 aliphatic heterocycles. The van der Waals surface area contributed by atoms with Gasteiger partial charge in [-0.25, -0.2) is 4.79 Å². The van der Waals surface area contributed by atoms with E-state index in [4.69, 9.17) is 4.74 Å². The molecule has 1 aromatic heterocycles. The Morgan fingerprint density at radius 2 is 1.85 bits per heavy atom. The number of hydrogen-bond acceptors (Lipinski definition) is 4. The van der Waals surface area contributed by atoms with E-state index < -0.39 is 16.8 Å². The molecule has 2 heterocycles. The first-order valence-corrected chi connectivity index (χ1v) is 10.8. The van der Waals surface area contributed by atoms with Gasteiger partial charge in [0.15, 0.2) is 0 Å². The molecule has 27 heavy (non-hydrogen) atoms. The first-order chi connectivity index (χ1) is 13.0. The number of rotatable bonds is 5. The fourth-order valence-corrected chi connectivity index (χ4v) is 4.75. The van der Waals surface area contributed by atoms with Crippen LogP contribution in [0, 0.1) is 12.8 Å². The van der Waals surface area contributed by atoms with Gasteiger partial charge in [-0.3, -0.25) is 9.00 Å². The van der Waals surface area contributed by atoms with Gasteiger partial charge in [-0.1, -0.05) is 29.8 Å². The molecule has 3 rings (SSSR count). The Morgan fingerprint density at radius 1 is 1.19 bits per heavy atom. The zero-order chi connectivity index (χ0) is 19.4. The van der Waals surface area contributed by atoms with Crippen molar-refractivity contribution in [3.05, 3.63) is 58.0 Å². The van der Waals surface area contributed by atoms with Gasteiger partial charge in [0, 0.05) is 46.8 Å². The molecule has 1 aromatic carbocycles. The average Bonchev–Trinajstić information content (AvgIpc) is 2.66. The molecule has 1 saturated heterocycles. The summed E-state index contributed by atoms with van der Waals surface area (Å²) in [5.41, 5.74) is 2.15. The molecule has 0 radical (unpaired) electrons. The predicted octanol–water partition coefficient (Wildman–Crippen LogP) is 3.16. The first kappa shape index (κ1) is 19.5. The number of pyridine rings is 1. The molecule has 5 nitrogen and oxygen atoms in total. The molecule has 6 heteroatoms. The van der Waals surface area contributed by atoms with Gasteiger partial charge in [-0.2, -0.15) is 0 Å². The molecule has 0 bridgehead atoms. The molecule has 0 aliphatic carbocycles. The Bertz CT molecular complexity index is 891. The van der Waals surface area contributed by atoms with Crippen LogP contribution in [0.5, 0.6) is 0 Å². The van der Waals surface area contributed by atoms with Crippen LogP contribution < -0.4 is 5.43 Å². The van der Waals surface area contributed by atoms with E-state index in [9.17, 15) is 13.8 Å². The lowest BCUT2D eigenvalue weighted by Crippen LogP contribution is -2.25. The fraction of sp³-hybridized carbons (Fsp3) is 0.429. The van der Waals surface area contributed by atoms with Crippen LogP contribution in [0.2, 0.25) is 0 Å². The molecule has 144 valence electrons. The largest absolute Gasteiger partial charge is 0.462 e. The van der Waals surface area contributed by atoms with Gasteiger partial charge < -0.3 is 9.30 Å². The maximum absolute atomic E-state index is 12.9. The van der Waals surface area contributed by atoms with Crippen LogP contribution in [0.1, 0.15) is 35.7 Å². The van der Waals surface area contributed by atoms with E-state index in [0.717, 1.165) is 35.5 Å². The van der Waals surface area contributed by atoms with Crippen LogP contribution in [-0.4, -0.2) is 32.9 Å². The number of aryl methyl sites for hydroxylation is 1. The molecule has 0 N–H and O–H groups in total. The van der Waals surface area contributed by atoms with Gasteiger partial charge in [0.2, 0.25) is 5.43 Å². The smallest absolute Gasteiger partial charge is 0.343 e. The summed E-state index contributed by atoms with van der Waals surface area (Å²) in [6.45, 7) is 4.64. The maximum Gasteiger partial charge on any atom is 0.343 e. The monoisotopic (exact) mass is 387 g/mol. The Labute approximate surface area is 161 Å². The quantitative estimate of drug-likeness (QED) is 0.739. The predicted molar refractivity (Wildman–Crippen MR) is 107 cm³/mol. The van der Waals surface area contributed by atoms with Crippen molar-refractivity contribution in [3.8, 4) is 11.1 Å². The van der Waals surface area contributed by atoms with Crippen molar-refractivity contribution >= 4 is 16.8 Å². The van der Waals surface area contributed by atoms with Gasteiger partial charge in [-0.15, -0.1) is 0 Å². The zero-order valence-corrected chi connectivity index (χ0v) is 16.6. The highest BCUT2D eigenvalue weighted by atomic mass is 32.2. The number of benzene rings is 1.